The first kappa shape index (κ1) is 24.8. The van der Waals surface area contributed by atoms with Gasteiger partial charge in [-0.15, -0.1) is 0 Å². The highest BCUT2D eigenvalue weighted by Crippen LogP contribution is 2.36. The lowest BCUT2D eigenvalue weighted by atomic mass is 9.83. The standard InChI is InChI=1S/C24H27ClF3N7O/c25-15-4-5-19-18(7-15)20(8-21(33-19)24(26,27)28)32-16-3-1-2-13(6-16)22(29)34-23(36)14-9-31-35(12-14)17-10-30-11-17/h4-5,7-9,12-13,16-17,22,30H,1-3,6,10-11,29H2,(H,32,33)(H,34,36)/t13?,16-,22?/m0/s1. The number of carbonyl (C=O) groups is 1. The Hall–Kier alpha value is -2.89. The van der Waals surface area contributed by atoms with Gasteiger partial charge in [0.2, 0.25) is 0 Å². The van der Waals surface area contributed by atoms with Gasteiger partial charge in [0.1, 0.15) is 5.69 Å². The maximum atomic E-state index is 13.5. The molecule has 5 rings (SSSR count). The van der Waals surface area contributed by atoms with Gasteiger partial charge >= 0.3 is 6.18 Å². The second kappa shape index (κ2) is 9.87. The van der Waals surface area contributed by atoms with Gasteiger partial charge in [-0.25, -0.2) is 4.98 Å². The molecular formula is C24H27ClF3N7O. The van der Waals surface area contributed by atoms with E-state index in [1.54, 1.807) is 16.9 Å². The Morgan fingerprint density at radius 1 is 1.25 bits per heavy atom. The van der Waals surface area contributed by atoms with Gasteiger partial charge in [-0.1, -0.05) is 18.0 Å². The highest BCUT2D eigenvalue weighted by Gasteiger charge is 2.34. The number of hydrogen-bond donors (Lipinski definition) is 4. The van der Waals surface area contributed by atoms with Crippen LogP contribution in [0.2, 0.25) is 5.02 Å². The first-order chi connectivity index (χ1) is 17.2. The van der Waals surface area contributed by atoms with Crippen LogP contribution in [0.15, 0.2) is 36.7 Å². The molecular weight excluding hydrogens is 495 g/mol. The molecule has 2 unspecified atom stereocenters. The molecule has 0 spiro atoms. The molecule has 0 radical (unpaired) electrons. The van der Waals surface area contributed by atoms with Crippen molar-refractivity contribution in [1.29, 1.82) is 0 Å². The van der Waals surface area contributed by atoms with Gasteiger partial charge in [0.05, 0.1) is 29.5 Å². The van der Waals surface area contributed by atoms with Crippen LogP contribution in [0.5, 0.6) is 0 Å². The van der Waals surface area contributed by atoms with E-state index in [1.165, 1.54) is 18.3 Å². The van der Waals surface area contributed by atoms with E-state index in [4.69, 9.17) is 17.3 Å². The number of benzene rings is 1. The quantitative estimate of drug-likeness (QED) is 0.366. The van der Waals surface area contributed by atoms with Crippen molar-refractivity contribution < 1.29 is 18.0 Å². The molecule has 3 aromatic rings. The first-order valence-electron chi connectivity index (χ1n) is 11.9. The van der Waals surface area contributed by atoms with Gasteiger partial charge in [-0.05, 0) is 49.4 Å². The van der Waals surface area contributed by atoms with Crippen molar-refractivity contribution in [2.24, 2.45) is 11.7 Å². The predicted molar refractivity (Wildman–Crippen MR) is 131 cm³/mol. The summed E-state index contributed by atoms with van der Waals surface area (Å²) in [7, 11) is 0. The fourth-order valence-electron chi connectivity index (χ4n) is 4.84. The molecule has 2 aliphatic rings. The summed E-state index contributed by atoms with van der Waals surface area (Å²) in [4.78, 5) is 16.5. The van der Waals surface area contributed by atoms with Crippen molar-refractivity contribution in [2.45, 2.75) is 50.1 Å². The minimum absolute atomic E-state index is 0.0372. The molecule has 2 fully saturated rings. The summed E-state index contributed by atoms with van der Waals surface area (Å²) in [5.41, 5.74) is 6.39. The molecule has 0 bridgehead atoms. The minimum Gasteiger partial charge on any atom is -0.382 e. The second-order valence-electron chi connectivity index (χ2n) is 9.50. The monoisotopic (exact) mass is 521 g/mol. The molecule has 5 N–H and O–H groups in total. The van der Waals surface area contributed by atoms with Crippen molar-refractivity contribution in [1.82, 2.24) is 25.4 Å². The van der Waals surface area contributed by atoms with Gasteiger partial charge in [0, 0.05) is 41.4 Å². The zero-order chi connectivity index (χ0) is 25.4. The molecule has 36 heavy (non-hydrogen) atoms. The Morgan fingerprint density at radius 2 is 2.06 bits per heavy atom. The van der Waals surface area contributed by atoms with E-state index in [9.17, 15) is 18.0 Å². The van der Waals surface area contributed by atoms with Crippen LogP contribution in [-0.2, 0) is 6.18 Å². The van der Waals surface area contributed by atoms with E-state index in [-0.39, 0.29) is 29.4 Å². The van der Waals surface area contributed by atoms with E-state index in [0.29, 0.717) is 28.1 Å². The number of alkyl halides is 3. The van der Waals surface area contributed by atoms with Gasteiger partial charge in [-0.2, -0.15) is 18.3 Å². The van der Waals surface area contributed by atoms with Crippen LogP contribution in [0.1, 0.15) is 47.8 Å². The molecule has 1 amide bonds. The second-order valence-corrected chi connectivity index (χ2v) is 9.94. The third-order valence-corrected chi connectivity index (χ3v) is 7.17. The van der Waals surface area contributed by atoms with Crippen molar-refractivity contribution in [2.75, 3.05) is 18.4 Å². The van der Waals surface area contributed by atoms with Crippen molar-refractivity contribution in [3.05, 3.63) is 52.9 Å². The number of pyridine rings is 1. The molecule has 3 heterocycles. The van der Waals surface area contributed by atoms with Crippen LogP contribution in [0, 0.1) is 5.92 Å². The normalized spacial score (nSPS) is 21.7. The summed E-state index contributed by atoms with van der Waals surface area (Å²) >= 11 is 6.11. The average molecular weight is 522 g/mol. The van der Waals surface area contributed by atoms with E-state index in [0.717, 1.165) is 38.4 Å². The number of fused-ring (bicyclic) bond motifs is 1. The van der Waals surface area contributed by atoms with Gasteiger partial charge in [0.25, 0.3) is 5.91 Å². The topological polar surface area (TPSA) is 110 Å². The van der Waals surface area contributed by atoms with E-state index >= 15 is 0 Å². The molecule has 12 heteroatoms. The lowest BCUT2D eigenvalue weighted by Crippen LogP contribution is -2.49. The van der Waals surface area contributed by atoms with Crippen LogP contribution in [0.4, 0.5) is 18.9 Å². The molecule has 1 aliphatic carbocycles. The Bertz CT molecular complexity index is 1260. The fourth-order valence-corrected chi connectivity index (χ4v) is 5.01. The number of nitrogens with two attached hydrogens (primary N) is 1. The average Bonchev–Trinajstić information content (AvgIpc) is 3.27. The van der Waals surface area contributed by atoms with Gasteiger partial charge < -0.3 is 21.7 Å². The number of nitrogens with zero attached hydrogens (tertiary/aromatic N) is 3. The largest absolute Gasteiger partial charge is 0.433 e. The summed E-state index contributed by atoms with van der Waals surface area (Å²) in [6.07, 6.45) is 1.09. The number of nitrogens with one attached hydrogen (secondary N) is 3. The fraction of sp³-hybridized carbons (Fsp3) is 0.458. The van der Waals surface area contributed by atoms with E-state index in [1.807, 2.05) is 0 Å². The number of amides is 1. The third kappa shape index (κ3) is 5.28. The molecule has 1 saturated heterocycles. The predicted octanol–water partition coefficient (Wildman–Crippen LogP) is 3.93. The maximum Gasteiger partial charge on any atom is 0.433 e. The molecule has 3 atom stereocenters. The SMILES string of the molecule is NC(NC(=O)c1cnn(C2CNC2)c1)C1CCC[C@H](Nc2cc(C(F)(F)F)nc3ccc(Cl)cc23)C1. The lowest BCUT2D eigenvalue weighted by Gasteiger charge is -2.34. The number of hydrogen-bond acceptors (Lipinski definition) is 6. The summed E-state index contributed by atoms with van der Waals surface area (Å²) in [6, 6.07) is 5.77. The van der Waals surface area contributed by atoms with Gasteiger partial charge in [-0.3, -0.25) is 9.48 Å². The van der Waals surface area contributed by atoms with Crippen molar-refractivity contribution >= 4 is 34.1 Å². The number of aromatic nitrogens is 3. The van der Waals surface area contributed by atoms with Crippen molar-refractivity contribution in [3.8, 4) is 0 Å². The molecule has 1 aliphatic heterocycles. The Kier molecular flexibility index (Phi) is 6.80. The molecule has 8 nitrogen and oxygen atoms in total. The van der Waals surface area contributed by atoms with Crippen LogP contribution in [0.3, 0.4) is 0 Å². The molecule has 2 aromatic heterocycles. The third-order valence-electron chi connectivity index (χ3n) is 6.94. The van der Waals surface area contributed by atoms with E-state index in [2.05, 4.69) is 26.0 Å². The summed E-state index contributed by atoms with van der Waals surface area (Å²) in [5.74, 6) is -0.328. The molecule has 192 valence electrons. The number of halogens is 4. The molecule has 1 saturated carbocycles. The summed E-state index contributed by atoms with van der Waals surface area (Å²) in [6.45, 7) is 1.64. The zero-order valence-electron chi connectivity index (χ0n) is 19.4. The summed E-state index contributed by atoms with van der Waals surface area (Å²) < 4.78 is 42.2. The van der Waals surface area contributed by atoms with Crippen LogP contribution in [0.25, 0.3) is 10.9 Å². The first-order valence-corrected chi connectivity index (χ1v) is 12.3. The smallest absolute Gasteiger partial charge is 0.382 e. The number of rotatable bonds is 6. The van der Waals surface area contributed by atoms with Crippen LogP contribution in [-0.4, -0.2) is 46.0 Å². The number of carbonyl (C=O) groups excluding carboxylic acids is 1. The Balaban J connectivity index is 1.27. The zero-order valence-corrected chi connectivity index (χ0v) is 20.1. The number of anilines is 1. The minimum atomic E-state index is -4.57. The lowest BCUT2D eigenvalue weighted by molar-refractivity contribution is -0.140. The highest BCUT2D eigenvalue weighted by molar-refractivity contribution is 6.31. The Labute approximate surface area is 210 Å². The summed E-state index contributed by atoms with van der Waals surface area (Å²) in [5, 5.41) is 14.5. The van der Waals surface area contributed by atoms with Crippen molar-refractivity contribution in [3.63, 3.8) is 0 Å². The van der Waals surface area contributed by atoms with Crippen LogP contribution < -0.4 is 21.7 Å². The highest BCUT2D eigenvalue weighted by atomic mass is 35.5. The van der Waals surface area contributed by atoms with Gasteiger partial charge in [0.15, 0.2) is 0 Å². The molecule has 1 aromatic carbocycles. The Morgan fingerprint density at radius 3 is 2.78 bits per heavy atom. The maximum absolute atomic E-state index is 13.5. The van der Waals surface area contributed by atoms with Crippen LogP contribution >= 0.6 is 11.6 Å². The van der Waals surface area contributed by atoms with E-state index < -0.39 is 18.0 Å².